The molecular formula is C42H54IrNO2-. The molecule has 4 aromatic rings. The van der Waals surface area contributed by atoms with Crippen molar-refractivity contribution in [3.63, 3.8) is 0 Å². The van der Waals surface area contributed by atoms with E-state index in [2.05, 4.69) is 90.9 Å². The van der Waals surface area contributed by atoms with Crippen molar-refractivity contribution in [2.45, 2.75) is 114 Å². The van der Waals surface area contributed by atoms with Gasteiger partial charge in [-0.3, -0.25) is 4.79 Å². The number of aliphatic hydroxyl groups is 1. The Bertz CT molecular complexity index is 1730. The molecule has 46 heavy (non-hydrogen) atoms. The van der Waals surface area contributed by atoms with Gasteiger partial charge in [0.1, 0.15) is 0 Å². The number of aromatic nitrogens is 1. The first kappa shape index (κ1) is 37.6. The third kappa shape index (κ3) is 7.66. The van der Waals surface area contributed by atoms with Crippen LogP contribution in [-0.2, 0) is 36.7 Å². The average Bonchev–Trinajstić information content (AvgIpc) is 2.96. The molecule has 249 valence electrons. The smallest absolute Gasteiger partial charge is 0.162 e. The second kappa shape index (κ2) is 15.0. The van der Waals surface area contributed by atoms with Gasteiger partial charge in [0.25, 0.3) is 0 Å². The second-order valence-electron chi connectivity index (χ2n) is 14.8. The summed E-state index contributed by atoms with van der Waals surface area (Å²) in [5, 5.41) is 15.0. The summed E-state index contributed by atoms with van der Waals surface area (Å²) in [4.78, 5) is 16.6. The average molecular weight is 797 g/mol. The number of nitrogens with zero attached hydrogens (tertiary/aromatic N) is 1. The van der Waals surface area contributed by atoms with Crippen molar-refractivity contribution in [3.8, 4) is 11.3 Å². The Kier molecular flexibility index (Phi) is 12.2. The van der Waals surface area contributed by atoms with Crippen LogP contribution in [0.25, 0.3) is 32.8 Å². The van der Waals surface area contributed by atoms with Crippen molar-refractivity contribution >= 4 is 27.3 Å². The number of fused-ring (bicyclic) bond motifs is 4. The molecule has 0 saturated heterocycles. The van der Waals surface area contributed by atoms with Crippen LogP contribution in [0.1, 0.15) is 116 Å². The van der Waals surface area contributed by atoms with Crippen LogP contribution in [0, 0.1) is 37.2 Å². The molecule has 3 aromatic carbocycles. The molecule has 4 heteroatoms. The fraction of sp³-hybridized carbons (Fsp3) is 0.476. The standard InChI is InChI=1S/C29H30N.C13H24O2.Ir/c1-17-12-18(2)21-8-9-22-26(23(21)13-17)29(6,7)24-15-19(16-28(3,4)5)14-20-10-11-30-27(22)25(20)24;1-5-10(6-2)12(14)9-13(15)11(7-3)8-4;/h8,10-15H,16H2,1-7H3;9-11,14H,5-8H2,1-4H3;/q-1;;/b;12-9-;. The second-order valence-corrected chi connectivity index (χ2v) is 14.8. The van der Waals surface area contributed by atoms with Crippen LogP contribution in [-0.4, -0.2) is 15.9 Å². The molecule has 1 aliphatic carbocycles. The van der Waals surface area contributed by atoms with Crippen molar-refractivity contribution in [2.75, 3.05) is 0 Å². The Balaban J connectivity index is 0.000000309. The minimum atomic E-state index is -0.117. The van der Waals surface area contributed by atoms with Gasteiger partial charge in [-0.25, -0.2) is 0 Å². The van der Waals surface area contributed by atoms with E-state index in [0.717, 1.165) is 37.8 Å². The number of benzene rings is 3. The molecule has 0 amide bonds. The van der Waals surface area contributed by atoms with E-state index >= 15 is 0 Å². The zero-order valence-electron chi connectivity index (χ0n) is 29.9. The Morgan fingerprint density at radius 2 is 1.59 bits per heavy atom. The maximum atomic E-state index is 11.7. The van der Waals surface area contributed by atoms with Crippen LogP contribution >= 0.6 is 0 Å². The van der Waals surface area contributed by atoms with E-state index in [0.29, 0.717) is 0 Å². The maximum absolute atomic E-state index is 11.7. The zero-order valence-corrected chi connectivity index (χ0v) is 32.3. The van der Waals surface area contributed by atoms with Gasteiger partial charge in [0.15, 0.2) is 5.78 Å². The molecule has 1 aliphatic rings. The SMILES string of the molecule is CCC(CC)C(=O)/C=C(\O)C(CC)CC.Cc1cc(C)c2c[c-]c3c(c2c1)C(C)(C)c1cc(CC(C)(C)C)cc2ccnc-3c12.[Ir]. The molecule has 1 N–H and O–H groups in total. The molecule has 5 rings (SSSR count). The third-order valence-electron chi connectivity index (χ3n) is 9.69. The molecule has 0 unspecified atom stereocenters. The van der Waals surface area contributed by atoms with Crippen LogP contribution in [0.4, 0.5) is 0 Å². The van der Waals surface area contributed by atoms with Crippen molar-refractivity contribution in [3.05, 3.63) is 88.3 Å². The van der Waals surface area contributed by atoms with Crippen LogP contribution in [0.15, 0.2) is 54.4 Å². The van der Waals surface area contributed by atoms with E-state index in [1.165, 1.54) is 61.0 Å². The largest absolute Gasteiger partial charge is 0.512 e. The van der Waals surface area contributed by atoms with Crippen molar-refractivity contribution in [2.24, 2.45) is 17.3 Å². The van der Waals surface area contributed by atoms with E-state index in [1.54, 1.807) is 0 Å². The van der Waals surface area contributed by atoms with Crippen LogP contribution < -0.4 is 0 Å². The molecule has 0 aliphatic heterocycles. The topological polar surface area (TPSA) is 50.2 Å². The molecule has 0 bridgehead atoms. The molecular weight excluding hydrogens is 743 g/mol. The number of carbonyl (C=O) groups excluding carboxylic acids is 1. The van der Waals surface area contributed by atoms with Crippen LogP contribution in [0.3, 0.4) is 0 Å². The normalized spacial score (nSPS) is 13.8. The van der Waals surface area contributed by atoms with Crippen LogP contribution in [0.2, 0.25) is 0 Å². The number of allylic oxidation sites excluding steroid dienone is 2. The van der Waals surface area contributed by atoms with Gasteiger partial charge in [-0.1, -0.05) is 108 Å². The van der Waals surface area contributed by atoms with E-state index in [1.807, 2.05) is 33.9 Å². The summed E-state index contributed by atoms with van der Waals surface area (Å²) in [7, 11) is 0. The number of aryl methyl sites for hydroxylation is 2. The predicted octanol–water partition coefficient (Wildman–Crippen LogP) is 11.6. The first-order chi connectivity index (χ1) is 21.2. The van der Waals surface area contributed by atoms with Crippen molar-refractivity contribution in [1.82, 2.24) is 4.98 Å². The molecule has 1 aromatic heterocycles. The molecule has 0 fully saturated rings. The Morgan fingerprint density at radius 3 is 2.17 bits per heavy atom. The van der Waals surface area contributed by atoms with Crippen molar-refractivity contribution < 1.29 is 30.0 Å². The van der Waals surface area contributed by atoms with E-state index in [9.17, 15) is 9.90 Å². The summed E-state index contributed by atoms with van der Waals surface area (Å²) < 4.78 is 0. The number of aliphatic hydroxyl groups excluding tert-OH is 1. The molecule has 1 heterocycles. The summed E-state index contributed by atoms with van der Waals surface area (Å²) in [5.41, 5.74) is 9.19. The van der Waals surface area contributed by atoms with Gasteiger partial charge in [0, 0.05) is 44.2 Å². The number of rotatable bonds is 8. The van der Waals surface area contributed by atoms with Gasteiger partial charge in [0.05, 0.1) is 5.76 Å². The van der Waals surface area contributed by atoms with Gasteiger partial charge >= 0.3 is 0 Å². The number of hydrogen-bond donors (Lipinski definition) is 1. The molecule has 0 spiro atoms. The fourth-order valence-electron chi connectivity index (χ4n) is 7.25. The zero-order chi connectivity index (χ0) is 33.3. The van der Waals surface area contributed by atoms with Crippen LogP contribution in [0.5, 0.6) is 0 Å². The quantitative estimate of drug-likeness (QED) is 0.110. The first-order valence-corrected chi connectivity index (χ1v) is 17.0. The summed E-state index contributed by atoms with van der Waals surface area (Å²) in [6, 6.07) is 17.4. The first-order valence-electron chi connectivity index (χ1n) is 17.0. The fourth-order valence-corrected chi connectivity index (χ4v) is 7.25. The summed E-state index contributed by atoms with van der Waals surface area (Å²) >= 11 is 0. The Morgan fingerprint density at radius 1 is 0.957 bits per heavy atom. The van der Waals surface area contributed by atoms with Gasteiger partial charge in [-0.2, -0.15) is 0 Å². The Labute approximate surface area is 291 Å². The molecule has 3 nitrogen and oxygen atoms in total. The van der Waals surface area contributed by atoms with Gasteiger partial charge in [-0.15, -0.1) is 23.3 Å². The van der Waals surface area contributed by atoms with Gasteiger partial charge in [0.2, 0.25) is 0 Å². The number of pyridine rings is 1. The Hall–Kier alpha value is -2.81. The number of hydrogen-bond acceptors (Lipinski definition) is 3. The van der Waals surface area contributed by atoms with Crippen molar-refractivity contribution in [1.29, 1.82) is 0 Å². The summed E-state index contributed by atoms with van der Waals surface area (Å²) in [6.45, 7) is 24.2. The number of carbonyl (C=O) groups is 1. The van der Waals surface area contributed by atoms with E-state index in [4.69, 9.17) is 4.98 Å². The third-order valence-corrected chi connectivity index (χ3v) is 9.69. The van der Waals surface area contributed by atoms with E-state index in [-0.39, 0.29) is 54.3 Å². The maximum Gasteiger partial charge on any atom is 0.162 e. The predicted molar refractivity (Wildman–Crippen MR) is 192 cm³/mol. The number of ketones is 1. The minimum absolute atomic E-state index is 0. The van der Waals surface area contributed by atoms with E-state index < -0.39 is 0 Å². The van der Waals surface area contributed by atoms with Gasteiger partial charge in [-0.05, 0) is 90.4 Å². The monoisotopic (exact) mass is 797 g/mol. The minimum Gasteiger partial charge on any atom is -0.512 e. The summed E-state index contributed by atoms with van der Waals surface area (Å²) in [5.74, 6) is 0.547. The molecule has 0 saturated carbocycles. The summed E-state index contributed by atoms with van der Waals surface area (Å²) in [6.07, 6.45) is 7.93. The molecule has 1 radical (unpaired) electrons. The molecule has 0 atom stereocenters. The van der Waals surface area contributed by atoms with Gasteiger partial charge < -0.3 is 10.1 Å².